The first-order chi connectivity index (χ1) is 64.9. The number of unbranched alkanes of at least 4 members (excludes halogenated alkanes) is 3. The molecule has 1 aromatic carbocycles. The molecule has 135 heavy (non-hydrogen) atoms. The van der Waals surface area contributed by atoms with Gasteiger partial charge in [-0.2, -0.15) is 0 Å². The van der Waals surface area contributed by atoms with Gasteiger partial charge in [0.1, 0.15) is 0 Å². The highest BCUT2D eigenvalue weighted by atomic mass is 16.5. The van der Waals surface area contributed by atoms with Crippen LogP contribution in [0.25, 0.3) is 66.8 Å². The molecule has 0 atom stereocenters. The van der Waals surface area contributed by atoms with E-state index in [0.717, 1.165) is 133 Å². The molecule has 0 bridgehead atoms. The van der Waals surface area contributed by atoms with Gasteiger partial charge in [-0.3, -0.25) is 43.2 Å². The second-order valence-electron chi connectivity index (χ2n) is 34.9. The lowest BCUT2D eigenvalue weighted by molar-refractivity contribution is -0.298. The number of hydrogen-bond acceptors (Lipinski definition) is 16. The zero-order valence-corrected chi connectivity index (χ0v) is 78.7. The SMILES string of the molecule is CCCCOC(=O)CCC1=C2C(=CC=CC1)C=C(C)C2=C1C(=O)C(c2c(C)cc3ccccc(CCC(=O)O)c2-3)=C1[O-].CCCCOC(=O)CCC1=CC=CCC2=C1C(=C1C(=O)C(c3c(C)cc4ccccc(CCC(=O)OCCCC)c3-4)=C1[O-])C(C)=C2.Cc1cc2ccccc(C)c-2c1.Cc1cc2ccccc(CCC(=O)O)c-2c1.Cc1cc2cccccc-2c1.O=c1c(O)c(O)c1=O. The highest BCUT2D eigenvalue weighted by Crippen LogP contribution is 2.53. The summed E-state index contributed by atoms with van der Waals surface area (Å²) in [6.07, 6.45) is 25.8. The van der Waals surface area contributed by atoms with Crippen molar-refractivity contribution in [2.24, 2.45) is 0 Å². The van der Waals surface area contributed by atoms with Gasteiger partial charge in [0.15, 0.2) is 11.6 Å². The van der Waals surface area contributed by atoms with E-state index in [0.29, 0.717) is 87.0 Å². The summed E-state index contributed by atoms with van der Waals surface area (Å²) in [6.45, 7) is 23.5. The van der Waals surface area contributed by atoms with Gasteiger partial charge in [-0.1, -0.05) is 282 Å². The number of aliphatic carboxylic acids is 2. The van der Waals surface area contributed by atoms with Crippen molar-refractivity contribution in [1.29, 1.82) is 0 Å². The number of carboxylic acid groups (broad SMARTS) is 2. The van der Waals surface area contributed by atoms with Crippen LogP contribution in [0.4, 0.5) is 0 Å². The number of Topliss-reactive ketones (excluding diaryl/α,β-unsaturated/α-hetero) is 2. The van der Waals surface area contributed by atoms with Gasteiger partial charge < -0.3 is 44.8 Å². The molecule has 18 heteroatoms. The molecule has 0 aliphatic heterocycles. The fraction of sp³-hybridized carbons (Fsp3) is 0.274. The third-order valence-corrected chi connectivity index (χ3v) is 24.7. The van der Waals surface area contributed by atoms with E-state index in [1.165, 1.54) is 55.6 Å². The number of esters is 3. The predicted molar refractivity (Wildman–Crippen MR) is 528 cm³/mol. The van der Waals surface area contributed by atoms with Crippen LogP contribution < -0.4 is 21.1 Å². The summed E-state index contributed by atoms with van der Waals surface area (Å²) >= 11 is 0. The highest BCUT2D eigenvalue weighted by molar-refractivity contribution is 6.41. The van der Waals surface area contributed by atoms with Crippen molar-refractivity contribution in [3.8, 4) is 67.1 Å². The zero-order chi connectivity index (χ0) is 96.8. The number of hydrogen-bond donors (Lipinski definition) is 4. The molecule has 0 saturated heterocycles. The molecule has 0 spiro atoms. The maximum atomic E-state index is 14.1. The minimum Gasteiger partial charge on any atom is -0.871 e. The van der Waals surface area contributed by atoms with E-state index in [4.69, 9.17) is 29.5 Å². The quantitative estimate of drug-likeness (QED) is 0.0129. The molecule has 0 amide bonds. The van der Waals surface area contributed by atoms with Crippen LogP contribution in [0.3, 0.4) is 0 Å². The van der Waals surface area contributed by atoms with E-state index in [2.05, 4.69) is 144 Å². The summed E-state index contributed by atoms with van der Waals surface area (Å²) < 4.78 is 16.1. The highest BCUT2D eigenvalue weighted by Gasteiger charge is 2.41. The van der Waals surface area contributed by atoms with Gasteiger partial charge in [-0.15, -0.1) is 0 Å². The number of carbonyl (C=O) groups is 7. The standard InChI is InChI=1S/C40H44O6.C36H36O6.C14H14O2.C12H12.C11H10.C4H2O4/c1-5-7-21-45-31(41)19-17-27-13-9-11-15-29-23-25(3)33(35(27)29)37-39(43)38(40(37)44)34-26(4)24-30-16-12-10-14-28(36(30)34)18-20-32(42)46-22-8-6-2;1-4-5-18-42-28(39)17-15-24-11-7-9-13-26-20-22(3)30(32(24)26)34-35(40)33(36(34)41)29-21(2)19-25-12-8-6-10-23(31(25)29)14-16-27(37)38;1-10-8-12-5-3-2-4-11(13(12)9-10)6-7-14(15)16;1-9-7-11-6-4-3-5-10(2)12(11)8-9;1-9-7-10-5-3-2-4-6-11(10)8-9;5-1-2(6)4(8)3(1)7/h9-15,23-24,43H,5-8,16-22H2,1-4H3;6-10,12-13,19-20,40H,4-5,11,14-18H2,1-3H3,(H,37,38);2-5,8-9H,6-7H2,1H3,(H,15,16);3-8H,1-2H3;2-8H,1H3;5-6H/p-2. The van der Waals surface area contributed by atoms with Crippen LogP contribution in [-0.2, 0) is 67.0 Å². The lowest BCUT2D eigenvalue weighted by Gasteiger charge is -2.34. The van der Waals surface area contributed by atoms with Crippen molar-refractivity contribution in [3.05, 3.63) is 385 Å². The fourth-order valence-corrected chi connectivity index (χ4v) is 18.0. The van der Waals surface area contributed by atoms with Crippen LogP contribution in [0.5, 0.6) is 11.5 Å². The lowest BCUT2D eigenvalue weighted by Crippen LogP contribution is -2.31. The molecule has 18 nitrogen and oxygen atoms in total. The Kier molecular flexibility index (Phi) is 34.0. The molecule has 0 heterocycles. The van der Waals surface area contributed by atoms with Crippen molar-refractivity contribution in [2.75, 3.05) is 19.8 Å². The van der Waals surface area contributed by atoms with Gasteiger partial charge in [0.2, 0.25) is 11.5 Å². The Bertz CT molecular complexity index is 6620. The zero-order valence-electron chi connectivity index (χ0n) is 78.7. The summed E-state index contributed by atoms with van der Waals surface area (Å²) in [7, 11) is 0. The van der Waals surface area contributed by atoms with Crippen LogP contribution in [0.15, 0.2) is 313 Å². The second-order valence-corrected chi connectivity index (χ2v) is 34.9. The Hall–Kier alpha value is -14.7. The number of rotatable bonds is 26. The minimum absolute atomic E-state index is 0.0501. The summed E-state index contributed by atoms with van der Waals surface area (Å²) in [5, 5.41) is 62.5. The first-order valence-corrected chi connectivity index (χ1v) is 46.5. The monoisotopic (exact) mass is 1810 g/mol. The Balaban J connectivity index is 0.000000165. The van der Waals surface area contributed by atoms with E-state index in [-0.39, 0.29) is 95.4 Å². The third kappa shape index (κ3) is 23.7. The molecular formula is C117H116O18-2. The summed E-state index contributed by atoms with van der Waals surface area (Å²) in [5.74, 6) is -5.15. The van der Waals surface area contributed by atoms with Crippen molar-refractivity contribution < 1.29 is 78.4 Å². The van der Waals surface area contributed by atoms with Crippen LogP contribution in [0.2, 0.25) is 0 Å². The molecule has 0 saturated carbocycles. The van der Waals surface area contributed by atoms with E-state index >= 15 is 0 Å². The van der Waals surface area contributed by atoms with Gasteiger partial charge in [-0.05, 0) is 287 Å². The van der Waals surface area contributed by atoms with Crippen molar-refractivity contribution in [1.82, 2.24) is 0 Å². The largest absolute Gasteiger partial charge is 0.871 e. The lowest BCUT2D eigenvalue weighted by atomic mass is 9.75. The van der Waals surface area contributed by atoms with Gasteiger partial charge >= 0.3 is 29.8 Å². The molecule has 4 N–H and O–H groups in total. The normalized spacial score (nSPS) is 15.2. The topological polar surface area (TPSA) is 308 Å². The Morgan fingerprint density at radius 3 is 1.25 bits per heavy atom. The molecule has 16 aliphatic rings. The Morgan fingerprint density at radius 2 is 0.756 bits per heavy atom. The maximum absolute atomic E-state index is 14.1. The molecular weight excluding hydrogens is 1690 g/mol. The van der Waals surface area contributed by atoms with Crippen molar-refractivity contribution in [3.63, 3.8) is 0 Å². The average Bonchev–Trinajstić information content (AvgIpc) is 1.52. The molecule has 17 rings (SSSR count). The van der Waals surface area contributed by atoms with E-state index in [1.54, 1.807) is 0 Å². The molecule has 694 valence electrons. The first kappa shape index (κ1) is 99.4. The minimum atomic E-state index is -1.01. The van der Waals surface area contributed by atoms with E-state index < -0.39 is 34.3 Å². The van der Waals surface area contributed by atoms with Crippen LogP contribution in [0, 0.1) is 41.5 Å². The molecule has 0 radical (unpaired) electrons. The first-order valence-electron chi connectivity index (χ1n) is 46.5. The number of ether oxygens (including phenoxy) is 3. The van der Waals surface area contributed by atoms with E-state index in [1.807, 2.05) is 157 Å². The van der Waals surface area contributed by atoms with Gasteiger partial charge in [0, 0.05) is 54.4 Å². The molecule has 1 aromatic rings. The summed E-state index contributed by atoms with van der Waals surface area (Å²) in [6, 6.07) is 59.4. The molecule has 0 unspecified atom stereocenters. The van der Waals surface area contributed by atoms with Gasteiger partial charge in [0.25, 0.3) is 10.9 Å². The number of fused-ring (bicyclic) bond motifs is 6. The predicted octanol–water partition coefficient (Wildman–Crippen LogP) is 22.2. The molecule has 0 aromatic heterocycles. The van der Waals surface area contributed by atoms with Crippen LogP contribution in [-0.4, -0.2) is 81.7 Å². The Morgan fingerprint density at radius 1 is 0.363 bits per heavy atom. The molecule has 16 aliphatic carbocycles. The fourth-order valence-electron chi connectivity index (χ4n) is 18.0. The maximum Gasteiger partial charge on any atom is 0.306 e. The smallest absolute Gasteiger partial charge is 0.306 e. The van der Waals surface area contributed by atoms with Gasteiger partial charge in [0.05, 0.1) is 19.8 Å². The van der Waals surface area contributed by atoms with Crippen molar-refractivity contribution in [2.45, 2.75) is 192 Å². The Labute approximate surface area is 789 Å². The van der Waals surface area contributed by atoms with E-state index in [9.17, 15) is 58.5 Å². The molecule has 0 fully saturated rings. The number of ketones is 2. The number of aryl methyl sites for hydroxylation is 9. The number of aromatic hydroxyl groups is 2. The van der Waals surface area contributed by atoms with Gasteiger partial charge in [-0.25, -0.2) is 0 Å². The van der Waals surface area contributed by atoms with Crippen LogP contribution >= 0.6 is 0 Å². The second kappa shape index (κ2) is 46.1. The number of carboxylic acids is 2. The average molecular weight is 1810 g/mol. The third-order valence-electron chi connectivity index (χ3n) is 24.7. The summed E-state index contributed by atoms with van der Waals surface area (Å²) in [4.78, 5) is 107. The number of carbonyl (C=O) groups excluding carboxylic acids is 5. The number of allylic oxidation sites excluding steroid dienone is 22. The van der Waals surface area contributed by atoms with Crippen LogP contribution in [0.1, 0.15) is 192 Å². The van der Waals surface area contributed by atoms with Crippen molar-refractivity contribution >= 4 is 52.6 Å². The summed E-state index contributed by atoms with van der Waals surface area (Å²) in [5.41, 5.74) is 29.6.